The average Bonchev–Trinajstić information content (AvgIpc) is 3.17. The zero-order valence-electron chi connectivity index (χ0n) is 12.1. The van der Waals surface area contributed by atoms with Crippen molar-refractivity contribution in [1.29, 1.82) is 0 Å². The van der Waals surface area contributed by atoms with Gasteiger partial charge in [-0.3, -0.25) is 4.57 Å². The van der Waals surface area contributed by atoms with E-state index in [1.807, 2.05) is 16.8 Å². The van der Waals surface area contributed by atoms with Crippen LogP contribution in [0.25, 0.3) is 5.69 Å². The molecule has 0 spiro atoms. The third-order valence-electron chi connectivity index (χ3n) is 3.80. The molecule has 0 saturated carbocycles. The zero-order valence-corrected chi connectivity index (χ0v) is 12.9. The fourth-order valence-corrected chi connectivity index (χ4v) is 2.97. The molecule has 6 heteroatoms. The van der Waals surface area contributed by atoms with Crippen LogP contribution in [0.15, 0.2) is 24.7 Å². The Balaban J connectivity index is 2.08. The molecule has 0 amide bonds. The lowest BCUT2D eigenvalue weighted by Gasteiger charge is -2.17. The zero-order chi connectivity index (χ0) is 14.8. The van der Waals surface area contributed by atoms with E-state index >= 15 is 0 Å². The number of hydrogen-bond acceptors (Lipinski definition) is 4. The van der Waals surface area contributed by atoms with Gasteiger partial charge in [0.25, 0.3) is 0 Å². The van der Waals surface area contributed by atoms with Crippen LogP contribution in [-0.2, 0) is 0 Å². The molecular formula is C15H18ClN3O2. The second-order valence-corrected chi connectivity index (χ2v) is 5.40. The van der Waals surface area contributed by atoms with Crippen LogP contribution in [0, 0.1) is 0 Å². The van der Waals surface area contributed by atoms with Crippen LogP contribution < -0.4 is 14.8 Å². The smallest absolute Gasteiger partial charge is 0.146 e. The molecule has 2 aromatic rings. The Bertz CT molecular complexity index is 636. The molecule has 0 bridgehead atoms. The first kappa shape index (κ1) is 14.2. The summed E-state index contributed by atoms with van der Waals surface area (Å²) in [7, 11) is 3.22. The molecule has 1 aliphatic rings. The third-order valence-corrected chi connectivity index (χ3v) is 4.09. The van der Waals surface area contributed by atoms with Gasteiger partial charge in [0.05, 0.1) is 43.1 Å². The van der Waals surface area contributed by atoms with Crippen LogP contribution >= 0.6 is 11.6 Å². The number of nitrogens with one attached hydrogen (secondary N) is 1. The van der Waals surface area contributed by atoms with Gasteiger partial charge in [-0.05, 0) is 25.5 Å². The van der Waals surface area contributed by atoms with Crippen LogP contribution in [0.1, 0.15) is 24.6 Å². The Morgan fingerprint density at radius 3 is 2.76 bits per heavy atom. The first-order valence-electron chi connectivity index (χ1n) is 6.92. The molecule has 1 aromatic heterocycles. The highest BCUT2D eigenvalue weighted by atomic mass is 35.5. The van der Waals surface area contributed by atoms with Gasteiger partial charge in [-0.1, -0.05) is 11.6 Å². The summed E-state index contributed by atoms with van der Waals surface area (Å²) >= 11 is 6.26. The predicted molar refractivity (Wildman–Crippen MR) is 81.7 cm³/mol. The summed E-state index contributed by atoms with van der Waals surface area (Å²) in [5.74, 6) is 1.30. The maximum absolute atomic E-state index is 6.26. The van der Waals surface area contributed by atoms with Crippen LogP contribution in [0.3, 0.4) is 0 Å². The van der Waals surface area contributed by atoms with Crippen molar-refractivity contribution in [3.05, 3.63) is 35.4 Å². The Labute approximate surface area is 128 Å². The van der Waals surface area contributed by atoms with Crippen LogP contribution in [0.2, 0.25) is 5.02 Å². The van der Waals surface area contributed by atoms with Crippen molar-refractivity contribution >= 4 is 11.6 Å². The van der Waals surface area contributed by atoms with E-state index in [0.29, 0.717) is 22.6 Å². The summed E-state index contributed by atoms with van der Waals surface area (Å²) in [6, 6.07) is 3.96. The van der Waals surface area contributed by atoms with E-state index in [0.717, 1.165) is 24.3 Å². The molecule has 1 aliphatic heterocycles. The van der Waals surface area contributed by atoms with Crippen molar-refractivity contribution in [2.24, 2.45) is 0 Å². The molecule has 1 aromatic carbocycles. The van der Waals surface area contributed by atoms with Crippen molar-refractivity contribution in [2.75, 3.05) is 20.8 Å². The maximum atomic E-state index is 6.26. The summed E-state index contributed by atoms with van der Waals surface area (Å²) in [5, 5.41) is 4.03. The molecular weight excluding hydrogens is 290 g/mol. The SMILES string of the molecule is COc1cc(OC)c(-n2cncc2C2CCCN2)cc1Cl. The van der Waals surface area contributed by atoms with E-state index in [1.165, 1.54) is 6.42 Å². The monoisotopic (exact) mass is 307 g/mol. The normalized spacial score (nSPS) is 18.0. The number of imidazole rings is 1. The first-order chi connectivity index (χ1) is 10.2. The van der Waals surface area contributed by atoms with E-state index in [4.69, 9.17) is 21.1 Å². The molecule has 21 heavy (non-hydrogen) atoms. The predicted octanol–water partition coefficient (Wildman–Crippen LogP) is 2.97. The first-order valence-corrected chi connectivity index (χ1v) is 7.30. The van der Waals surface area contributed by atoms with Crippen molar-refractivity contribution in [3.63, 3.8) is 0 Å². The fraction of sp³-hybridized carbons (Fsp3) is 0.400. The molecule has 1 N–H and O–H groups in total. The molecule has 1 unspecified atom stereocenters. The van der Waals surface area contributed by atoms with Crippen LogP contribution in [0.5, 0.6) is 11.5 Å². The maximum Gasteiger partial charge on any atom is 0.146 e. The highest BCUT2D eigenvalue weighted by Crippen LogP contribution is 2.36. The summed E-state index contributed by atoms with van der Waals surface area (Å²) in [4.78, 5) is 4.28. The van der Waals surface area contributed by atoms with Gasteiger partial charge in [0.2, 0.25) is 0 Å². The van der Waals surface area contributed by atoms with E-state index in [9.17, 15) is 0 Å². The Morgan fingerprint density at radius 2 is 2.10 bits per heavy atom. The molecule has 5 nitrogen and oxygen atoms in total. The van der Waals surface area contributed by atoms with Gasteiger partial charge in [0, 0.05) is 12.1 Å². The van der Waals surface area contributed by atoms with Crippen LogP contribution in [0.4, 0.5) is 0 Å². The van der Waals surface area contributed by atoms with E-state index in [2.05, 4.69) is 10.3 Å². The number of methoxy groups -OCH3 is 2. The molecule has 112 valence electrons. The van der Waals surface area contributed by atoms with Gasteiger partial charge in [-0.2, -0.15) is 0 Å². The lowest BCUT2D eigenvalue weighted by atomic mass is 10.1. The van der Waals surface area contributed by atoms with E-state index in [1.54, 1.807) is 26.6 Å². The summed E-state index contributed by atoms with van der Waals surface area (Å²) in [6.45, 7) is 1.04. The summed E-state index contributed by atoms with van der Waals surface area (Å²) in [6.07, 6.45) is 5.96. The molecule has 0 aliphatic carbocycles. The Kier molecular flexibility index (Phi) is 4.03. The summed E-state index contributed by atoms with van der Waals surface area (Å²) < 4.78 is 12.7. The summed E-state index contributed by atoms with van der Waals surface area (Å²) in [5.41, 5.74) is 1.98. The molecule has 1 atom stereocenters. The quantitative estimate of drug-likeness (QED) is 0.943. The average molecular weight is 308 g/mol. The number of hydrogen-bond donors (Lipinski definition) is 1. The standard InChI is InChI=1S/C15H18ClN3O2/c1-20-14-7-15(21-2)12(6-10(14)16)19-9-17-8-13(19)11-4-3-5-18-11/h6-9,11,18H,3-5H2,1-2H3. The van der Waals surface area contributed by atoms with Crippen LogP contribution in [-0.4, -0.2) is 30.3 Å². The lowest BCUT2D eigenvalue weighted by Crippen LogP contribution is -2.16. The van der Waals surface area contributed by atoms with Crippen molar-refractivity contribution < 1.29 is 9.47 Å². The second-order valence-electron chi connectivity index (χ2n) is 5.00. The van der Waals surface area contributed by atoms with Gasteiger partial charge < -0.3 is 14.8 Å². The van der Waals surface area contributed by atoms with E-state index in [-0.39, 0.29) is 0 Å². The Morgan fingerprint density at radius 1 is 1.29 bits per heavy atom. The number of benzene rings is 1. The van der Waals surface area contributed by atoms with Gasteiger partial charge in [-0.25, -0.2) is 4.98 Å². The highest BCUT2D eigenvalue weighted by molar-refractivity contribution is 6.32. The number of aromatic nitrogens is 2. The lowest BCUT2D eigenvalue weighted by molar-refractivity contribution is 0.393. The largest absolute Gasteiger partial charge is 0.495 e. The van der Waals surface area contributed by atoms with Crippen molar-refractivity contribution in [2.45, 2.75) is 18.9 Å². The number of halogens is 1. The highest BCUT2D eigenvalue weighted by Gasteiger charge is 2.22. The van der Waals surface area contributed by atoms with Gasteiger partial charge in [-0.15, -0.1) is 0 Å². The molecule has 2 heterocycles. The van der Waals surface area contributed by atoms with Gasteiger partial charge >= 0.3 is 0 Å². The second kappa shape index (κ2) is 5.95. The Hall–Kier alpha value is -1.72. The van der Waals surface area contributed by atoms with Crippen molar-refractivity contribution in [3.8, 4) is 17.2 Å². The number of ether oxygens (including phenoxy) is 2. The number of nitrogens with zero attached hydrogens (tertiary/aromatic N) is 2. The topological polar surface area (TPSA) is 48.3 Å². The minimum atomic E-state index is 0.318. The molecule has 1 saturated heterocycles. The van der Waals surface area contributed by atoms with Crippen molar-refractivity contribution in [1.82, 2.24) is 14.9 Å². The van der Waals surface area contributed by atoms with Gasteiger partial charge in [0.1, 0.15) is 11.5 Å². The fourth-order valence-electron chi connectivity index (χ4n) is 2.73. The molecule has 1 fully saturated rings. The third kappa shape index (κ3) is 2.59. The number of rotatable bonds is 4. The minimum absolute atomic E-state index is 0.318. The molecule has 0 radical (unpaired) electrons. The minimum Gasteiger partial charge on any atom is -0.495 e. The van der Waals surface area contributed by atoms with E-state index < -0.39 is 0 Å². The molecule has 3 rings (SSSR count). The van der Waals surface area contributed by atoms with Gasteiger partial charge in [0.15, 0.2) is 0 Å².